The van der Waals surface area contributed by atoms with Gasteiger partial charge in [0.1, 0.15) is 6.04 Å². The summed E-state index contributed by atoms with van der Waals surface area (Å²) in [6.07, 6.45) is 4.49. The number of carboxylic acids is 1. The molecule has 0 bridgehead atoms. The molecule has 2 N–H and O–H groups in total. The van der Waals surface area contributed by atoms with Crippen molar-refractivity contribution in [2.75, 3.05) is 7.05 Å². The molecule has 0 unspecified atom stereocenters. The van der Waals surface area contributed by atoms with Crippen LogP contribution in [0.1, 0.15) is 46.0 Å². The second-order valence-electron chi connectivity index (χ2n) is 4.97. The molecule has 104 valence electrons. The van der Waals surface area contributed by atoms with Crippen molar-refractivity contribution >= 4 is 11.9 Å². The monoisotopic (exact) mass is 256 g/mol. The van der Waals surface area contributed by atoms with Crippen LogP contribution < -0.4 is 5.32 Å². The Labute approximate surface area is 109 Å². The predicted molar refractivity (Wildman–Crippen MR) is 69.3 cm³/mol. The van der Waals surface area contributed by atoms with Gasteiger partial charge in [0.05, 0.1) is 6.04 Å². The highest BCUT2D eigenvalue weighted by Crippen LogP contribution is 2.24. The molecule has 0 spiro atoms. The molecule has 5 heteroatoms. The van der Waals surface area contributed by atoms with Crippen molar-refractivity contribution in [3.63, 3.8) is 0 Å². The first kappa shape index (κ1) is 15.0. The minimum absolute atomic E-state index is 0.0620. The zero-order valence-electron chi connectivity index (χ0n) is 11.5. The van der Waals surface area contributed by atoms with Gasteiger partial charge in [-0.2, -0.15) is 0 Å². The van der Waals surface area contributed by atoms with E-state index in [0.29, 0.717) is 0 Å². The van der Waals surface area contributed by atoms with Crippen molar-refractivity contribution in [3.8, 4) is 0 Å². The van der Waals surface area contributed by atoms with Crippen molar-refractivity contribution < 1.29 is 14.7 Å². The molecule has 1 fully saturated rings. The first-order valence-electron chi connectivity index (χ1n) is 6.75. The highest BCUT2D eigenvalue weighted by molar-refractivity contribution is 5.87. The Morgan fingerprint density at radius 2 is 2.22 bits per heavy atom. The van der Waals surface area contributed by atoms with Crippen LogP contribution in [-0.2, 0) is 9.59 Å². The normalized spacial score (nSPS) is 26.8. The van der Waals surface area contributed by atoms with Gasteiger partial charge in [-0.25, -0.2) is 4.79 Å². The molecule has 18 heavy (non-hydrogen) atoms. The number of likely N-dealkylation sites (tertiary alicyclic amines) is 1. The molecule has 0 saturated carbocycles. The molecule has 1 heterocycles. The molecule has 1 rings (SSSR count). The highest BCUT2D eigenvalue weighted by Gasteiger charge is 2.37. The van der Waals surface area contributed by atoms with E-state index < -0.39 is 12.0 Å². The molecule has 0 aromatic carbocycles. The lowest BCUT2D eigenvalue weighted by Gasteiger charge is -2.34. The summed E-state index contributed by atoms with van der Waals surface area (Å²) in [6.45, 7) is 3.66. The number of hydrogen-bond donors (Lipinski definition) is 2. The number of hydrogen-bond acceptors (Lipinski definition) is 3. The number of carbonyl (C=O) groups excluding carboxylic acids is 1. The third-order valence-electron chi connectivity index (χ3n) is 3.72. The number of carbonyl (C=O) groups is 2. The van der Waals surface area contributed by atoms with Crippen molar-refractivity contribution in [2.45, 2.75) is 64.1 Å². The molecule has 0 aromatic rings. The summed E-state index contributed by atoms with van der Waals surface area (Å²) in [5.41, 5.74) is 0. The van der Waals surface area contributed by atoms with E-state index in [2.05, 4.69) is 12.2 Å². The van der Waals surface area contributed by atoms with E-state index in [1.165, 1.54) is 0 Å². The van der Waals surface area contributed by atoms with Crippen LogP contribution >= 0.6 is 0 Å². The summed E-state index contributed by atoms with van der Waals surface area (Å²) >= 11 is 0. The number of aliphatic carboxylic acids is 1. The Morgan fingerprint density at radius 3 is 2.72 bits per heavy atom. The first-order valence-corrected chi connectivity index (χ1v) is 6.75. The Morgan fingerprint density at radius 1 is 1.56 bits per heavy atom. The second-order valence-corrected chi connectivity index (χ2v) is 4.97. The molecule has 0 aromatic heterocycles. The molecule has 1 amide bonds. The van der Waals surface area contributed by atoms with E-state index in [0.717, 1.165) is 32.1 Å². The minimum Gasteiger partial charge on any atom is -0.480 e. The van der Waals surface area contributed by atoms with Crippen molar-refractivity contribution in [1.29, 1.82) is 0 Å². The molecular formula is C13H24N2O3. The van der Waals surface area contributed by atoms with Gasteiger partial charge in [0.15, 0.2) is 0 Å². The van der Waals surface area contributed by atoms with Crippen LogP contribution in [0.25, 0.3) is 0 Å². The fourth-order valence-electron chi connectivity index (χ4n) is 2.69. The molecule has 0 aliphatic carbocycles. The molecule has 1 aliphatic rings. The van der Waals surface area contributed by atoms with Gasteiger partial charge < -0.3 is 15.3 Å². The largest absolute Gasteiger partial charge is 0.480 e. The van der Waals surface area contributed by atoms with Crippen molar-refractivity contribution in [1.82, 2.24) is 10.2 Å². The molecular weight excluding hydrogens is 232 g/mol. The van der Waals surface area contributed by atoms with E-state index in [1.54, 1.807) is 18.9 Å². The fourth-order valence-corrected chi connectivity index (χ4v) is 2.69. The van der Waals surface area contributed by atoms with Crippen molar-refractivity contribution in [3.05, 3.63) is 0 Å². The maximum Gasteiger partial charge on any atom is 0.326 e. The van der Waals surface area contributed by atoms with Gasteiger partial charge in [0, 0.05) is 6.04 Å². The lowest BCUT2D eigenvalue weighted by molar-refractivity contribution is -0.152. The van der Waals surface area contributed by atoms with Gasteiger partial charge in [0.25, 0.3) is 0 Å². The van der Waals surface area contributed by atoms with Crippen LogP contribution in [0.15, 0.2) is 0 Å². The minimum atomic E-state index is -0.929. The van der Waals surface area contributed by atoms with E-state index >= 15 is 0 Å². The number of nitrogens with one attached hydrogen (secondary N) is 1. The maximum absolute atomic E-state index is 12.4. The van der Waals surface area contributed by atoms with Gasteiger partial charge in [0.2, 0.25) is 5.91 Å². The Kier molecular flexibility index (Phi) is 5.59. The summed E-state index contributed by atoms with van der Waals surface area (Å²) < 4.78 is 0. The van der Waals surface area contributed by atoms with E-state index in [4.69, 9.17) is 0 Å². The molecule has 1 aliphatic heterocycles. The summed E-state index contributed by atoms with van der Waals surface area (Å²) in [4.78, 5) is 25.2. The van der Waals surface area contributed by atoms with Crippen molar-refractivity contribution in [2.24, 2.45) is 0 Å². The summed E-state index contributed by atoms with van der Waals surface area (Å²) in [5, 5.41) is 12.2. The van der Waals surface area contributed by atoms with Crippen LogP contribution in [0.4, 0.5) is 0 Å². The van der Waals surface area contributed by atoms with E-state index in [-0.39, 0.29) is 18.0 Å². The topological polar surface area (TPSA) is 69.6 Å². The number of nitrogens with zero attached hydrogens (tertiary/aromatic N) is 1. The number of likely N-dealkylation sites (N-methyl/N-ethyl adjacent to an activating group) is 1. The smallest absolute Gasteiger partial charge is 0.326 e. The van der Waals surface area contributed by atoms with Crippen LogP contribution in [0.3, 0.4) is 0 Å². The third-order valence-corrected chi connectivity index (χ3v) is 3.72. The van der Waals surface area contributed by atoms with Crippen LogP contribution in [0.5, 0.6) is 0 Å². The standard InChI is InChI=1S/C13H24N2O3/c1-4-6-10-7-5-8-11(14-3)12(16)15(10)9(2)13(17)18/h9-11,14H,4-8H2,1-3H3,(H,17,18)/t9-,10+,11-/m0/s1. The SMILES string of the molecule is CCC[C@@H]1CCC[C@H](NC)C(=O)N1[C@@H](C)C(=O)O. The lowest BCUT2D eigenvalue weighted by Crippen LogP contribution is -2.53. The second kappa shape index (κ2) is 6.73. The lowest BCUT2D eigenvalue weighted by atomic mass is 10.0. The number of carboxylic acid groups (broad SMARTS) is 1. The fraction of sp³-hybridized carbons (Fsp3) is 0.846. The number of rotatable bonds is 5. The van der Waals surface area contributed by atoms with Gasteiger partial charge in [-0.05, 0) is 39.7 Å². The van der Waals surface area contributed by atoms with E-state index in [1.807, 2.05) is 0 Å². The summed E-state index contributed by atoms with van der Waals surface area (Å²) in [5.74, 6) is -0.996. The maximum atomic E-state index is 12.4. The Balaban J connectivity index is 2.97. The summed E-state index contributed by atoms with van der Waals surface area (Å²) in [7, 11) is 1.76. The molecule has 1 saturated heterocycles. The van der Waals surface area contributed by atoms with Gasteiger partial charge in [-0.1, -0.05) is 13.3 Å². The van der Waals surface area contributed by atoms with Crippen LogP contribution in [-0.4, -0.2) is 47.1 Å². The number of amides is 1. The predicted octanol–water partition coefficient (Wildman–Crippen LogP) is 1.23. The van der Waals surface area contributed by atoms with Gasteiger partial charge >= 0.3 is 5.97 Å². The third kappa shape index (κ3) is 3.22. The quantitative estimate of drug-likeness (QED) is 0.776. The first-order chi connectivity index (χ1) is 8.52. The zero-order chi connectivity index (χ0) is 13.7. The molecule has 0 radical (unpaired) electrons. The van der Waals surface area contributed by atoms with Crippen LogP contribution in [0, 0.1) is 0 Å². The molecule has 5 nitrogen and oxygen atoms in total. The Bertz CT molecular complexity index is 307. The van der Waals surface area contributed by atoms with Gasteiger partial charge in [-0.15, -0.1) is 0 Å². The van der Waals surface area contributed by atoms with Crippen LogP contribution in [0.2, 0.25) is 0 Å². The van der Waals surface area contributed by atoms with E-state index in [9.17, 15) is 14.7 Å². The Hall–Kier alpha value is -1.10. The molecule has 3 atom stereocenters. The van der Waals surface area contributed by atoms with Gasteiger partial charge in [-0.3, -0.25) is 4.79 Å². The zero-order valence-corrected chi connectivity index (χ0v) is 11.5. The highest BCUT2D eigenvalue weighted by atomic mass is 16.4. The summed E-state index contributed by atoms with van der Waals surface area (Å²) in [6, 6.07) is -0.927. The average Bonchev–Trinajstić information content (AvgIpc) is 2.48. The average molecular weight is 256 g/mol.